The molecule has 2 aromatic rings. The molecule has 2 rings (SSSR count). The average Bonchev–Trinajstić information content (AvgIpc) is 2.73. The van der Waals surface area contributed by atoms with Crippen LogP contribution in [0.2, 0.25) is 4.34 Å². The second-order valence-electron chi connectivity index (χ2n) is 4.56. The first kappa shape index (κ1) is 16.3. The van der Waals surface area contributed by atoms with Crippen molar-refractivity contribution in [3.63, 3.8) is 0 Å². The van der Waals surface area contributed by atoms with Gasteiger partial charge in [-0.1, -0.05) is 11.6 Å². The fourth-order valence-corrected chi connectivity index (χ4v) is 4.32. The molecule has 1 unspecified atom stereocenters. The van der Waals surface area contributed by atoms with Gasteiger partial charge in [-0.25, -0.2) is 0 Å². The van der Waals surface area contributed by atoms with Gasteiger partial charge in [-0.2, -0.15) is 0 Å². The van der Waals surface area contributed by atoms with Crippen molar-refractivity contribution in [1.29, 1.82) is 0 Å². The Morgan fingerprint density at radius 1 is 1.30 bits per heavy atom. The Morgan fingerprint density at radius 3 is 2.45 bits per heavy atom. The molecule has 0 saturated carbocycles. The van der Waals surface area contributed by atoms with Crippen molar-refractivity contribution < 1.29 is 4.74 Å². The Labute approximate surface area is 144 Å². The normalized spacial score (nSPS) is 12.4. The van der Waals surface area contributed by atoms with Crippen LogP contribution in [0.3, 0.4) is 0 Å². The maximum absolute atomic E-state index is 5.91. The van der Waals surface area contributed by atoms with Crippen molar-refractivity contribution in [2.75, 3.05) is 0 Å². The van der Waals surface area contributed by atoms with E-state index in [9.17, 15) is 0 Å². The standard InChI is InChI=1S/C14H14Br2ClNOS/c1-8(18)4-9-5-11(15)14(12(16)6-9)19-7-10-2-3-13(17)20-10/h2-3,5-6,8H,4,7,18H2,1H3. The van der Waals surface area contributed by atoms with Crippen LogP contribution in [0.5, 0.6) is 5.75 Å². The van der Waals surface area contributed by atoms with E-state index < -0.39 is 0 Å². The number of hydrogen-bond donors (Lipinski definition) is 1. The molecule has 1 aromatic heterocycles. The quantitative estimate of drug-likeness (QED) is 0.677. The fraction of sp³-hybridized carbons (Fsp3) is 0.286. The van der Waals surface area contributed by atoms with Crippen LogP contribution in [0.25, 0.3) is 0 Å². The molecule has 0 saturated heterocycles. The third-order valence-electron chi connectivity index (χ3n) is 2.60. The molecule has 2 N–H and O–H groups in total. The van der Waals surface area contributed by atoms with Gasteiger partial charge in [0.1, 0.15) is 12.4 Å². The van der Waals surface area contributed by atoms with Gasteiger partial charge in [-0.15, -0.1) is 11.3 Å². The summed E-state index contributed by atoms with van der Waals surface area (Å²) >= 11 is 14.5. The summed E-state index contributed by atoms with van der Waals surface area (Å²) in [6, 6.07) is 8.07. The van der Waals surface area contributed by atoms with E-state index in [0.717, 1.165) is 30.3 Å². The van der Waals surface area contributed by atoms with Crippen LogP contribution in [0.15, 0.2) is 33.2 Å². The van der Waals surface area contributed by atoms with Gasteiger partial charge in [0.05, 0.1) is 13.3 Å². The third kappa shape index (κ3) is 4.46. The van der Waals surface area contributed by atoms with Crippen LogP contribution < -0.4 is 10.5 Å². The molecule has 0 fully saturated rings. The molecule has 20 heavy (non-hydrogen) atoms. The summed E-state index contributed by atoms with van der Waals surface area (Å²) in [5, 5.41) is 0. The van der Waals surface area contributed by atoms with Crippen LogP contribution in [0.4, 0.5) is 0 Å². The number of thiophene rings is 1. The zero-order valence-electron chi connectivity index (χ0n) is 10.8. The number of ether oxygens (including phenoxy) is 1. The maximum Gasteiger partial charge on any atom is 0.148 e. The van der Waals surface area contributed by atoms with Gasteiger partial charge in [0.2, 0.25) is 0 Å². The fourth-order valence-electron chi connectivity index (χ4n) is 1.81. The Balaban J connectivity index is 2.11. The van der Waals surface area contributed by atoms with E-state index in [2.05, 4.69) is 31.9 Å². The molecule has 0 radical (unpaired) electrons. The monoisotopic (exact) mass is 437 g/mol. The number of benzene rings is 1. The molecule has 1 atom stereocenters. The number of halogens is 3. The highest BCUT2D eigenvalue weighted by atomic mass is 79.9. The van der Waals surface area contributed by atoms with Crippen molar-refractivity contribution in [3.05, 3.63) is 48.0 Å². The Kier molecular flexibility index (Phi) is 5.93. The minimum atomic E-state index is 0.133. The van der Waals surface area contributed by atoms with Crippen LogP contribution >= 0.6 is 54.8 Å². The lowest BCUT2D eigenvalue weighted by Gasteiger charge is -2.12. The highest BCUT2D eigenvalue weighted by Gasteiger charge is 2.11. The van der Waals surface area contributed by atoms with Gasteiger partial charge in [-0.05, 0) is 75.0 Å². The van der Waals surface area contributed by atoms with Crippen molar-refractivity contribution in [2.45, 2.75) is 26.0 Å². The van der Waals surface area contributed by atoms with E-state index in [1.807, 2.05) is 31.2 Å². The molecule has 2 nitrogen and oxygen atoms in total. The second-order valence-corrected chi connectivity index (χ2v) is 8.07. The molecule has 0 aliphatic rings. The van der Waals surface area contributed by atoms with Crippen LogP contribution in [-0.2, 0) is 13.0 Å². The summed E-state index contributed by atoms with van der Waals surface area (Å²) in [5.74, 6) is 0.794. The first-order valence-electron chi connectivity index (χ1n) is 6.06. The topological polar surface area (TPSA) is 35.2 Å². The van der Waals surface area contributed by atoms with E-state index in [1.165, 1.54) is 16.9 Å². The van der Waals surface area contributed by atoms with Gasteiger partial charge in [0, 0.05) is 10.9 Å². The van der Waals surface area contributed by atoms with Gasteiger partial charge < -0.3 is 10.5 Å². The highest BCUT2D eigenvalue weighted by Crippen LogP contribution is 2.36. The zero-order chi connectivity index (χ0) is 14.7. The average molecular weight is 440 g/mol. The largest absolute Gasteiger partial charge is 0.486 e. The minimum absolute atomic E-state index is 0.133. The van der Waals surface area contributed by atoms with Gasteiger partial charge in [0.15, 0.2) is 0 Å². The van der Waals surface area contributed by atoms with E-state index in [1.54, 1.807) is 0 Å². The highest BCUT2D eigenvalue weighted by molar-refractivity contribution is 9.11. The van der Waals surface area contributed by atoms with Crippen molar-refractivity contribution in [2.24, 2.45) is 5.73 Å². The van der Waals surface area contributed by atoms with E-state index in [4.69, 9.17) is 22.1 Å². The maximum atomic E-state index is 5.91. The SMILES string of the molecule is CC(N)Cc1cc(Br)c(OCc2ccc(Cl)s2)c(Br)c1. The van der Waals surface area contributed by atoms with Crippen molar-refractivity contribution in [3.8, 4) is 5.75 Å². The summed E-state index contributed by atoms with van der Waals surface area (Å²) in [6.07, 6.45) is 0.831. The Hall–Kier alpha value is -0.0700. The molecule has 0 amide bonds. The minimum Gasteiger partial charge on any atom is -0.486 e. The molecule has 0 aliphatic carbocycles. The van der Waals surface area contributed by atoms with Gasteiger partial charge in [0.25, 0.3) is 0 Å². The third-order valence-corrected chi connectivity index (χ3v) is 4.99. The van der Waals surface area contributed by atoms with Gasteiger partial charge >= 0.3 is 0 Å². The molecule has 108 valence electrons. The summed E-state index contributed by atoms with van der Waals surface area (Å²) in [7, 11) is 0. The molecule has 0 aliphatic heterocycles. The lowest BCUT2D eigenvalue weighted by molar-refractivity contribution is 0.305. The summed E-state index contributed by atoms with van der Waals surface area (Å²) in [4.78, 5) is 1.09. The first-order chi connectivity index (χ1) is 9.45. The molecule has 0 spiro atoms. The van der Waals surface area contributed by atoms with Crippen LogP contribution in [-0.4, -0.2) is 6.04 Å². The predicted molar refractivity (Wildman–Crippen MR) is 92.9 cm³/mol. The summed E-state index contributed by atoms with van der Waals surface area (Å²) in [5.41, 5.74) is 7.00. The molecular weight excluding hydrogens is 425 g/mol. The molecule has 1 aromatic carbocycles. The number of nitrogens with two attached hydrogens (primary N) is 1. The van der Waals surface area contributed by atoms with E-state index in [-0.39, 0.29) is 6.04 Å². The smallest absolute Gasteiger partial charge is 0.148 e. The van der Waals surface area contributed by atoms with Gasteiger partial charge in [-0.3, -0.25) is 0 Å². The van der Waals surface area contributed by atoms with Crippen LogP contribution in [0.1, 0.15) is 17.4 Å². The second kappa shape index (κ2) is 7.27. The van der Waals surface area contributed by atoms with Crippen molar-refractivity contribution >= 4 is 54.8 Å². The molecule has 1 heterocycles. The zero-order valence-corrected chi connectivity index (χ0v) is 15.6. The van der Waals surface area contributed by atoms with E-state index in [0.29, 0.717) is 6.61 Å². The summed E-state index contributed by atoms with van der Waals surface area (Å²) < 4.78 is 8.47. The first-order valence-corrected chi connectivity index (χ1v) is 8.84. The molecule has 0 bridgehead atoms. The lowest BCUT2D eigenvalue weighted by Crippen LogP contribution is -2.17. The molecule has 6 heteroatoms. The summed E-state index contributed by atoms with van der Waals surface area (Å²) in [6.45, 7) is 2.49. The van der Waals surface area contributed by atoms with Crippen LogP contribution in [0, 0.1) is 0 Å². The lowest BCUT2D eigenvalue weighted by atomic mass is 10.1. The number of hydrogen-bond acceptors (Lipinski definition) is 3. The predicted octanol–water partition coefficient (Wildman–Crippen LogP) is 5.40. The van der Waals surface area contributed by atoms with E-state index >= 15 is 0 Å². The Bertz CT molecular complexity index is 578. The number of rotatable bonds is 5. The Morgan fingerprint density at radius 2 is 1.95 bits per heavy atom. The van der Waals surface area contributed by atoms with Crippen molar-refractivity contribution in [1.82, 2.24) is 0 Å². The molecular formula is C14H14Br2ClNOS.